The van der Waals surface area contributed by atoms with Gasteiger partial charge in [-0.1, -0.05) is 35.5 Å². The summed E-state index contributed by atoms with van der Waals surface area (Å²) in [5, 5.41) is 8.54. The van der Waals surface area contributed by atoms with Crippen LogP contribution >= 0.6 is 23.4 Å². The molecule has 1 fully saturated rings. The van der Waals surface area contributed by atoms with Crippen LogP contribution in [0.15, 0.2) is 47.6 Å². The highest BCUT2D eigenvalue weighted by molar-refractivity contribution is 7.98. The molecule has 0 aliphatic carbocycles. The number of aromatic nitrogens is 3. The first-order chi connectivity index (χ1) is 14.2. The number of hydrogen-bond acceptors (Lipinski definition) is 6. The minimum absolute atomic E-state index is 0.225. The van der Waals surface area contributed by atoms with E-state index in [1.165, 1.54) is 5.56 Å². The third kappa shape index (κ3) is 5.23. The summed E-state index contributed by atoms with van der Waals surface area (Å²) >= 11 is 7.66. The van der Waals surface area contributed by atoms with Crippen molar-refractivity contribution in [2.24, 2.45) is 0 Å². The molecule has 0 spiro atoms. The lowest BCUT2D eigenvalue weighted by molar-refractivity contribution is 0.0679. The fourth-order valence-electron chi connectivity index (χ4n) is 3.09. The third-order valence-electron chi connectivity index (χ3n) is 4.63. The van der Waals surface area contributed by atoms with E-state index in [1.807, 2.05) is 24.3 Å². The van der Waals surface area contributed by atoms with Crippen molar-refractivity contribution in [2.75, 3.05) is 20.3 Å². The van der Waals surface area contributed by atoms with E-state index in [0.717, 1.165) is 36.5 Å². The minimum Gasteiger partial charge on any atom is -0.496 e. The minimum atomic E-state index is 0.225. The van der Waals surface area contributed by atoms with E-state index in [0.29, 0.717) is 28.4 Å². The van der Waals surface area contributed by atoms with Gasteiger partial charge < -0.3 is 14.2 Å². The molecule has 2 aromatic carbocycles. The molecule has 0 saturated carbocycles. The Morgan fingerprint density at radius 3 is 2.86 bits per heavy atom. The zero-order valence-corrected chi connectivity index (χ0v) is 17.6. The van der Waals surface area contributed by atoms with Crippen LogP contribution in [0.3, 0.4) is 0 Å². The third-order valence-corrected chi connectivity index (χ3v) is 5.79. The van der Waals surface area contributed by atoms with Gasteiger partial charge in [-0.15, -0.1) is 5.10 Å². The van der Waals surface area contributed by atoms with E-state index < -0.39 is 0 Å². The van der Waals surface area contributed by atoms with Crippen molar-refractivity contribution in [3.8, 4) is 22.9 Å². The zero-order chi connectivity index (χ0) is 20.1. The van der Waals surface area contributed by atoms with E-state index in [-0.39, 0.29) is 6.10 Å². The van der Waals surface area contributed by atoms with Crippen LogP contribution < -0.4 is 9.47 Å². The molecule has 1 N–H and O–H groups in total. The summed E-state index contributed by atoms with van der Waals surface area (Å²) in [6.45, 7) is 1.46. The molecule has 6 nitrogen and oxygen atoms in total. The van der Waals surface area contributed by atoms with Crippen LogP contribution in [0.5, 0.6) is 11.5 Å². The monoisotopic (exact) mass is 431 g/mol. The standard InChI is InChI=1S/C21H22ClN3O3S/c1-26-19-9-6-15(22)11-18(19)20-23-21(25-24-20)29-13-14-4-7-16(8-5-14)28-12-17-3-2-10-27-17/h4-9,11,17H,2-3,10,12-13H2,1H3,(H,23,24,25)/t17-/m0/s1. The SMILES string of the molecule is COc1ccc(Cl)cc1-c1nc(SCc2ccc(OC[C@@H]3CCCO3)cc2)n[nH]1. The second-order valence-electron chi connectivity index (χ2n) is 6.69. The zero-order valence-electron chi connectivity index (χ0n) is 16.1. The molecule has 0 unspecified atom stereocenters. The average molecular weight is 432 g/mol. The quantitative estimate of drug-likeness (QED) is 0.507. The summed E-state index contributed by atoms with van der Waals surface area (Å²) in [7, 11) is 1.62. The summed E-state index contributed by atoms with van der Waals surface area (Å²) in [6, 6.07) is 13.5. The molecule has 1 atom stereocenters. The Hall–Kier alpha value is -2.22. The number of methoxy groups -OCH3 is 1. The van der Waals surface area contributed by atoms with Crippen molar-refractivity contribution in [3.05, 3.63) is 53.1 Å². The molecule has 152 valence electrons. The van der Waals surface area contributed by atoms with E-state index >= 15 is 0 Å². The van der Waals surface area contributed by atoms with Crippen molar-refractivity contribution >= 4 is 23.4 Å². The molecule has 3 aromatic rings. The second-order valence-corrected chi connectivity index (χ2v) is 8.07. The molecule has 1 aliphatic heterocycles. The van der Waals surface area contributed by atoms with Crippen LogP contribution in [0.1, 0.15) is 18.4 Å². The molecule has 1 saturated heterocycles. The van der Waals surface area contributed by atoms with Crippen LogP contribution in [0.2, 0.25) is 5.02 Å². The van der Waals surface area contributed by atoms with Gasteiger partial charge in [0, 0.05) is 17.4 Å². The van der Waals surface area contributed by atoms with Crippen LogP contribution in [0, 0.1) is 0 Å². The van der Waals surface area contributed by atoms with Crippen molar-refractivity contribution in [1.29, 1.82) is 0 Å². The number of aromatic amines is 1. The molecule has 1 aromatic heterocycles. The van der Waals surface area contributed by atoms with Gasteiger partial charge in [0.25, 0.3) is 0 Å². The fourth-order valence-corrected chi connectivity index (χ4v) is 4.02. The molecule has 2 heterocycles. The molecular weight excluding hydrogens is 410 g/mol. The summed E-state index contributed by atoms with van der Waals surface area (Å²) in [5.74, 6) is 2.95. The van der Waals surface area contributed by atoms with E-state index in [4.69, 9.17) is 25.8 Å². The second kappa shape index (κ2) is 9.52. The molecule has 0 bridgehead atoms. The summed E-state index contributed by atoms with van der Waals surface area (Å²) in [5.41, 5.74) is 1.96. The number of halogens is 1. The molecule has 8 heteroatoms. The first kappa shape index (κ1) is 20.1. The maximum atomic E-state index is 6.10. The molecule has 1 aliphatic rings. The van der Waals surface area contributed by atoms with Gasteiger partial charge in [-0.2, -0.15) is 0 Å². The largest absolute Gasteiger partial charge is 0.496 e. The van der Waals surface area contributed by atoms with Gasteiger partial charge in [0.1, 0.15) is 18.1 Å². The van der Waals surface area contributed by atoms with Crippen LogP contribution in [-0.4, -0.2) is 41.6 Å². The number of hydrogen-bond donors (Lipinski definition) is 1. The highest BCUT2D eigenvalue weighted by atomic mass is 35.5. The van der Waals surface area contributed by atoms with E-state index in [1.54, 1.807) is 24.9 Å². The smallest absolute Gasteiger partial charge is 0.209 e. The van der Waals surface area contributed by atoms with Crippen molar-refractivity contribution < 1.29 is 14.2 Å². The summed E-state index contributed by atoms with van der Waals surface area (Å²) < 4.78 is 16.8. The van der Waals surface area contributed by atoms with Gasteiger partial charge in [-0.05, 0) is 48.7 Å². The average Bonchev–Trinajstić information content (AvgIpc) is 3.43. The van der Waals surface area contributed by atoms with E-state index in [2.05, 4.69) is 27.3 Å². The van der Waals surface area contributed by atoms with Crippen molar-refractivity contribution in [2.45, 2.75) is 29.9 Å². The van der Waals surface area contributed by atoms with Gasteiger partial charge in [-0.25, -0.2) is 4.98 Å². The Bertz CT molecular complexity index is 943. The van der Waals surface area contributed by atoms with Crippen molar-refractivity contribution in [1.82, 2.24) is 15.2 Å². The number of nitrogens with one attached hydrogen (secondary N) is 1. The lowest BCUT2D eigenvalue weighted by atomic mass is 10.2. The van der Waals surface area contributed by atoms with Crippen molar-refractivity contribution in [3.63, 3.8) is 0 Å². The highest BCUT2D eigenvalue weighted by Gasteiger charge is 2.16. The maximum Gasteiger partial charge on any atom is 0.209 e. The summed E-state index contributed by atoms with van der Waals surface area (Å²) in [6.07, 6.45) is 2.43. The topological polar surface area (TPSA) is 69.3 Å². The van der Waals surface area contributed by atoms with Gasteiger partial charge in [0.2, 0.25) is 5.16 Å². The number of benzene rings is 2. The van der Waals surface area contributed by atoms with Crippen LogP contribution in [0.25, 0.3) is 11.4 Å². The van der Waals surface area contributed by atoms with Gasteiger partial charge in [-0.3, -0.25) is 5.10 Å². The first-order valence-electron chi connectivity index (χ1n) is 9.44. The van der Waals surface area contributed by atoms with Crippen LogP contribution in [-0.2, 0) is 10.5 Å². The lowest BCUT2D eigenvalue weighted by Gasteiger charge is -2.11. The van der Waals surface area contributed by atoms with Gasteiger partial charge >= 0.3 is 0 Å². The summed E-state index contributed by atoms with van der Waals surface area (Å²) in [4.78, 5) is 4.56. The predicted molar refractivity (Wildman–Crippen MR) is 114 cm³/mol. The van der Waals surface area contributed by atoms with Gasteiger partial charge in [0.05, 0.1) is 18.8 Å². The Balaban J connectivity index is 1.33. The van der Waals surface area contributed by atoms with Gasteiger partial charge in [0.15, 0.2) is 5.82 Å². The Kier molecular flexibility index (Phi) is 6.59. The number of nitrogens with zero attached hydrogens (tertiary/aromatic N) is 2. The molecule has 0 radical (unpaired) electrons. The Labute approximate surface area is 178 Å². The maximum absolute atomic E-state index is 6.10. The normalized spacial score (nSPS) is 16.1. The Morgan fingerprint density at radius 1 is 1.24 bits per heavy atom. The molecule has 29 heavy (non-hydrogen) atoms. The number of H-pyrrole nitrogens is 1. The lowest BCUT2D eigenvalue weighted by Crippen LogP contribution is -2.16. The first-order valence-corrected chi connectivity index (χ1v) is 10.8. The molecule has 4 rings (SSSR count). The number of thioether (sulfide) groups is 1. The highest BCUT2D eigenvalue weighted by Crippen LogP contribution is 2.31. The number of rotatable bonds is 8. The van der Waals surface area contributed by atoms with Crippen LogP contribution in [0.4, 0.5) is 0 Å². The predicted octanol–water partition coefficient (Wildman–Crippen LogP) is 4.98. The molecule has 0 amide bonds. The Morgan fingerprint density at radius 2 is 2.10 bits per heavy atom. The fraction of sp³-hybridized carbons (Fsp3) is 0.333. The molecular formula is C21H22ClN3O3S. The number of ether oxygens (including phenoxy) is 3. The van der Waals surface area contributed by atoms with E-state index in [9.17, 15) is 0 Å².